The van der Waals surface area contributed by atoms with Crippen molar-refractivity contribution in [1.29, 1.82) is 0 Å². The van der Waals surface area contributed by atoms with E-state index in [9.17, 15) is 4.79 Å². The number of hydrogen-bond acceptors (Lipinski definition) is 4. The van der Waals surface area contributed by atoms with Gasteiger partial charge in [-0.15, -0.1) is 11.3 Å². The molecule has 4 rings (SSSR count). The summed E-state index contributed by atoms with van der Waals surface area (Å²) in [4.78, 5) is 14.2. The minimum absolute atomic E-state index is 0.282. The van der Waals surface area contributed by atoms with Crippen molar-refractivity contribution in [3.63, 3.8) is 0 Å². The molecule has 0 radical (unpaired) electrons. The third kappa shape index (κ3) is 3.38. The Kier molecular flexibility index (Phi) is 4.54. The van der Waals surface area contributed by atoms with Gasteiger partial charge in [0.15, 0.2) is 0 Å². The summed E-state index contributed by atoms with van der Waals surface area (Å²) >= 11 is 1.42. The molecule has 136 valence electrons. The first-order chi connectivity index (χ1) is 13.0. The van der Waals surface area contributed by atoms with Crippen LogP contribution < -0.4 is 0 Å². The second-order valence-electron chi connectivity index (χ2n) is 6.67. The molecule has 0 N–H and O–H groups in total. The Morgan fingerprint density at radius 1 is 1.07 bits per heavy atom. The molecular formula is C22H20N2O2S. The third-order valence-corrected chi connectivity index (χ3v) is 5.70. The average molecular weight is 376 g/mol. The highest BCUT2D eigenvalue weighted by Gasteiger charge is 2.18. The van der Waals surface area contributed by atoms with Crippen molar-refractivity contribution in [2.24, 2.45) is 0 Å². The Balaban J connectivity index is 1.60. The second kappa shape index (κ2) is 7.00. The van der Waals surface area contributed by atoms with E-state index < -0.39 is 0 Å². The monoisotopic (exact) mass is 376 g/mol. The lowest BCUT2D eigenvalue weighted by molar-refractivity contribution is 0.0478. The molecular weight excluding hydrogens is 356 g/mol. The fraction of sp³-hybridized carbons (Fsp3) is 0.182. The molecule has 5 heteroatoms. The predicted molar refractivity (Wildman–Crippen MR) is 109 cm³/mol. The van der Waals surface area contributed by atoms with Gasteiger partial charge >= 0.3 is 5.97 Å². The predicted octanol–water partition coefficient (Wildman–Crippen LogP) is 5.37. The lowest BCUT2D eigenvalue weighted by Crippen LogP contribution is -2.04. The van der Waals surface area contributed by atoms with Crippen LogP contribution in [0, 0.1) is 20.8 Å². The summed E-state index contributed by atoms with van der Waals surface area (Å²) in [6, 6.07) is 18.0. The summed E-state index contributed by atoms with van der Waals surface area (Å²) in [6.07, 6.45) is 0. The van der Waals surface area contributed by atoms with Gasteiger partial charge in [-0.2, -0.15) is 5.10 Å². The lowest BCUT2D eigenvalue weighted by atomic mass is 10.1. The molecule has 2 aromatic heterocycles. The maximum absolute atomic E-state index is 12.6. The molecule has 0 bridgehead atoms. The smallest absolute Gasteiger partial charge is 0.348 e. The van der Waals surface area contributed by atoms with Gasteiger partial charge in [0.2, 0.25) is 0 Å². The minimum Gasteiger partial charge on any atom is -0.457 e. The normalized spacial score (nSPS) is 11.1. The molecule has 0 aliphatic heterocycles. The van der Waals surface area contributed by atoms with Gasteiger partial charge in [-0.1, -0.05) is 42.0 Å². The van der Waals surface area contributed by atoms with Crippen molar-refractivity contribution in [1.82, 2.24) is 9.78 Å². The van der Waals surface area contributed by atoms with Crippen LogP contribution >= 0.6 is 11.3 Å². The van der Waals surface area contributed by atoms with Gasteiger partial charge in [0.05, 0.1) is 11.4 Å². The molecule has 0 saturated carbocycles. The van der Waals surface area contributed by atoms with E-state index in [0.29, 0.717) is 4.88 Å². The Labute approximate surface area is 162 Å². The number of fused-ring (bicyclic) bond motifs is 1. The first-order valence-corrected chi connectivity index (χ1v) is 9.62. The maximum atomic E-state index is 12.6. The molecule has 4 aromatic rings. The van der Waals surface area contributed by atoms with E-state index in [4.69, 9.17) is 4.74 Å². The van der Waals surface area contributed by atoms with Crippen LogP contribution in [0.4, 0.5) is 0 Å². The summed E-state index contributed by atoms with van der Waals surface area (Å²) in [5.41, 5.74) is 5.20. The number of thiophene rings is 1. The molecule has 27 heavy (non-hydrogen) atoms. The highest BCUT2D eigenvalue weighted by atomic mass is 32.1. The maximum Gasteiger partial charge on any atom is 0.348 e. The molecule has 0 fully saturated rings. The summed E-state index contributed by atoms with van der Waals surface area (Å²) < 4.78 is 7.46. The number of hydrogen-bond donors (Lipinski definition) is 0. The van der Waals surface area contributed by atoms with Crippen LogP contribution in [-0.2, 0) is 11.3 Å². The van der Waals surface area contributed by atoms with Gasteiger partial charge in [0.1, 0.15) is 16.3 Å². The van der Waals surface area contributed by atoms with Gasteiger partial charge in [-0.05, 0) is 50.1 Å². The van der Waals surface area contributed by atoms with Crippen molar-refractivity contribution in [3.05, 3.63) is 81.9 Å². The van der Waals surface area contributed by atoms with Crippen LogP contribution in [0.1, 0.15) is 32.1 Å². The zero-order valence-electron chi connectivity index (χ0n) is 15.5. The van der Waals surface area contributed by atoms with Crippen LogP contribution in [0.3, 0.4) is 0 Å². The molecule has 4 nitrogen and oxygen atoms in total. The molecule has 0 atom stereocenters. The van der Waals surface area contributed by atoms with Crippen molar-refractivity contribution >= 4 is 27.5 Å². The van der Waals surface area contributed by atoms with Crippen LogP contribution in [0.2, 0.25) is 0 Å². The van der Waals surface area contributed by atoms with E-state index in [-0.39, 0.29) is 12.6 Å². The summed E-state index contributed by atoms with van der Waals surface area (Å²) in [5, 5.41) is 5.60. The Morgan fingerprint density at radius 3 is 2.63 bits per heavy atom. The molecule has 0 aliphatic carbocycles. The Hall–Kier alpha value is -2.92. The first-order valence-electron chi connectivity index (χ1n) is 8.81. The number of ether oxygens (including phenoxy) is 1. The molecule has 2 heterocycles. The van der Waals surface area contributed by atoms with Gasteiger partial charge < -0.3 is 4.74 Å². The molecule has 0 aliphatic rings. The number of nitrogens with zero attached hydrogens (tertiary/aromatic N) is 2. The Bertz CT molecular complexity index is 1130. The van der Waals surface area contributed by atoms with Crippen LogP contribution in [-0.4, -0.2) is 15.7 Å². The number of benzene rings is 2. The highest BCUT2D eigenvalue weighted by molar-refractivity contribution is 7.20. The Morgan fingerprint density at radius 2 is 1.85 bits per heavy atom. The summed E-state index contributed by atoms with van der Waals surface area (Å²) in [5.74, 6) is -0.295. The van der Waals surface area contributed by atoms with Crippen molar-refractivity contribution < 1.29 is 9.53 Å². The molecule has 0 unspecified atom stereocenters. The molecule has 0 saturated heterocycles. The second-order valence-corrected chi connectivity index (χ2v) is 7.70. The van der Waals surface area contributed by atoms with E-state index in [1.165, 1.54) is 11.3 Å². The molecule has 0 spiro atoms. The van der Waals surface area contributed by atoms with Crippen molar-refractivity contribution in [2.45, 2.75) is 27.4 Å². The number of aromatic nitrogens is 2. The van der Waals surface area contributed by atoms with Gasteiger partial charge in [-0.25, -0.2) is 9.48 Å². The fourth-order valence-electron chi connectivity index (χ4n) is 3.06. The average Bonchev–Trinajstić information content (AvgIpc) is 3.24. The first kappa shape index (κ1) is 17.5. The number of carbonyl (C=O) groups is 1. The van der Waals surface area contributed by atoms with E-state index >= 15 is 0 Å². The number of carbonyl (C=O) groups excluding carboxylic acids is 1. The summed E-state index contributed by atoms with van der Waals surface area (Å²) in [7, 11) is 0. The number of esters is 1. The highest BCUT2D eigenvalue weighted by Crippen LogP contribution is 2.31. The van der Waals surface area contributed by atoms with E-state index in [2.05, 4.69) is 23.3 Å². The van der Waals surface area contributed by atoms with Crippen LogP contribution in [0.5, 0.6) is 0 Å². The lowest BCUT2D eigenvalue weighted by Gasteiger charge is -2.07. The van der Waals surface area contributed by atoms with E-state index in [1.54, 1.807) is 0 Å². The van der Waals surface area contributed by atoms with Gasteiger partial charge in [0.25, 0.3) is 0 Å². The standard InChI is InChI=1S/C22H20N2O2S/c1-14-9-10-15(2)17(11-14)13-26-22(25)20-12-19-16(3)23-24(21(19)27-20)18-7-5-4-6-8-18/h4-12H,13H2,1-3H3. The van der Waals surface area contributed by atoms with E-state index in [1.807, 2.05) is 61.9 Å². The van der Waals surface area contributed by atoms with Gasteiger partial charge in [-0.3, -0.25) is 0 Å². The number of aryl methyl sites for hydroxylation is 3. The zero-order chi connectivity index (χ0) is 19.0. The van der Waals surface area contributed by atoms with Crippen molar-refractivity contribution in [2.75, 3.05) is 0 Å². The number of para-hydroxylation sites is 1. The third-order valence-electron chi connectivity index (χ3n) is 4.61. The fourth-order valence-corrected chi connectivity index (χ4v) is 4.14. The largest absolute Gasteiger partial charge is 0.457 e. The quantitative estimate of drug-likeness (QED) is 0.450. The zero-order valence-corrected chi connectivity index (χ0v) is 16.3. The topological polar surface area (TPSA) is 44.1 Å². The minimum atomic E-state index is -0.295. The van der Waals surface area contributed by atoms with Crippen molar-refractivity contribution in [3.8, 4) is 5.69 Å². The SMILES string of the molecule is Cc1ccc(C)c(COC(=O)c2cc3c(C)nn(-c4ccccc4)c3s2)c1. The molecule has 2 aromatic carbocycles. The van der Waals surface area contributed by atoms with Crippen LogP contribution in [0.25, 0.3) is 15.9 Å². The summed E-state index contributed by atoms with van der Waals surface area (Å²) in [6.45, 7) is 6.30. The van der Waals surface area contributed by atoms with Crippen LogP contribution in [0.15, 0.2) is 54.6 Å². The number of rotatable bonds is 4. The van der Waals surface area contributed by atoms with E-state index in [0.717, 1.165) is 38.3 Å². The van der Waals surface area contributed by atoms with Gasteiger partial charge in [0, 0.05) is 5.39 Å². The molecule has 0 amide bonds.